The first kappa shape index (κ1) is 14.3. The molecule has 0 bridgehead atoms. The fraction of sp³-hybridized carbons (Fsp3) is 0.688. The lowest BCUT2D eigenvalue weighted by atomic mass is 9.84. The van der Waals surface area contributed by atoms with Gasteiger partial charge in [-0.15, -0.1) is 0 Å². The number of methoxy groups -OCH3 is 1. The largest absolute Gasteiger partial charge is 0.458 e. The standard InChI is InChI=1S/C16H24O3/c1-11-5-4-6-12(2)9-15-13(8-7-11)14(10-18-3)16(17)19-15/h5,9,13-15H,4,6-8,10H2,1-3H3/b11-5+,12-9+/t13-,14+,15+/m0/s1. The van der Waals surface area contributed by atoms with Crippen molar-refractivity contribution in [3.8, 4) is 0 Å². The van der Waals surface area contributed by atoms with Crippen molar-refractivity contribution in [2.45, 2.75) is 45.6 Å². The van der Waals surface area contributed by atoms with Crippen molar-refractivity contribution >= 4 is 5.97 Å². The van der Waals surface area contributed by atoms with Crippen LogP contribution in [0, 0.1) is 11.8 Å². The van der Waals surface area contributed by atoms with E-state index >= 15 is 0 Å². The quantitative estimate of drug-likeness (QED) is 0.567. The lowest BCUT2D eigenvalue weighted by Gasteiger charge is -2.20. The van der Waals surface area contributed by atoms with Gasteiger partial charge in [0.15, 0.2) is 0 Å². The summed E-state index contributed by atoms with van der Waals surface area (Å²) in [6, 6.07) is 0. The van der Waals surface area contributed by atoms with Crippen LogP contribution in [0.3, 0.4) is 0 Å². The normalized spacial score (nSPS) is 37.6. The lowest BCUT2D eigenvalue weighted by molar-refractivity contribution is -0.144. The van der Waals surface area contributed by atoms with Gasteiger partial charge in [-0.25, -0.2) is 0 Å². The van der Waals surface area contributed by atoms with E-state index in [2.05, 4.69) is 26.0 Å². The summed E-state index contributed by atoms with van der Waals surface area (Å²) >= 11 is 0. The van der Waals surface area contributed by atoms with Crippen molar-refractivity contribution in [2.24, 2.45) is 11.8 Å². The molecule has 0 aromatic carbocycles. The number of hydrogen-bond acceptors (Lipinski definition) is 3. The topological polar surface area (TPSA) is 35.5 Å². The highest BCUT2D eigenvalue weighted by molar-refractivity contribution is 5.75. The molecule has 0 unspecified atom stereocenters. The van der Waals surface area contributed by atoms with E-state index in [0.717, 1.165) is 25.7 Å². The summed E-state index contributed by atoms with van der Waals surface area (Å²) in [6.07, 6.45) is 8.58. The highest BCUT2D eigenvalue weighted by atomic mass is 16.6. The first-order valence-electron chi connectivity index (χ1n) is 7.14. The molecule has 0 saturated carbocycles. The molecule has 1 aliphatic heterocycles. The third-order valence-corrected chi connectivity index (χ3v) is 4.19. The van der Waals surface area contributed by atoms with Gasteiger partial charge < -0.3 is 9.47 Å². The van der Waals surface area contributed by atoms with Crippen molar-refractivity contribution in [3.05, 3.63) is 23.3 Å². The molecule has 1 saturated heterocycles. The maximum Gasteiger partial charge on any atom is 0.312 e. The Morgan fingerprint density at radius 2 is 2.11 bits per heavy atom. The fourth-order valence-electron chi connectivity index (χ4n) is 3.01. The van der Waals surface area contributed by atoms with Gasteiger partial charge in [0.05, 0.1) is 12.5 Å². The van der Waals surface area contributed by atoms with Crippen LogP contribution in [0.25, 0.3) is 0 Å². The molecule has 0 spiro atoms. The van der Waals surface area contributed by atoms with Crippen LogP contribution in [0.5, 0.6) is 0 Å². The Morgan fingerprint density at radius 3 is 2.84 bits per heavy atom. The molecule has 1 aliphatic carbocycles. The Morgan fingerprint density at radius 1 is 1.32 bits per heavy atom. The van der Waals surface area contributed by atoms with Crippen LogP contribution in [0.15, 0.2) is 23.3 Å². The smallest absolute Gasteiger partial charge is 0.312 e. The molecule has 1 fully saturated rings. The Bertz CT molecular complexity index is 395. The third-order valence-electron chi connectivity index (χ3n) is 4.19. The first-order chi connectivity index (χ1) is 9.11. The van der Waals surface area contributed by atoms with Crippen LogP contribution in [0.2, 0.25) is 0 Å². The van der Waals surface area contributed by atoms with Gasteiger partial charge in [0.25, 0.3) is 0 Å². The number of hydrogen-bond donors (Lipinski definition) is 0. The van der Waals surface area contributed by atoms with Gasteiger partial charge >= 0.3 is 5.97 Å². The van der Waals surface area contributed by atoms with Crippen LogP contribution in [0.1, 0.15) is 39.5 Å². The van der Waals surface area contributed by atoms with Gasteiger partial charge in [0.2, 0.25) is 0 Å². The van der Waals surface area contributed by atoms with E-state index in [1.165, 1.54) is 11.1 Å². The van der Waals surface area contributed by atoms with Gasteiger partial charge in [-0.05, 0) is 45.6 Å². The second kappa shape index (κ2) is 6.38. The third kappa shape index (κ3) is 3.47. The second-order valence-corrected chi connectivity index (χ2v) is 5.77. The highest BCUT2D eigenvalue weighted by Crippen LogP contribution is 2.35. The number of ether oxygens (including phenoxy) is 2. The molecule has 2 aliphatic rings. The first-order valence-corrected chi connectivity index (χ1v) is 7.14. The number of rotatable bonds is 2. The average Bonchev–Trinajstić information content (AvgIpc) is 2.63. The number of fused-ring (bicyclic) bond motifs is 1. The van der Waals surface area contributed by atoms with Crippen molar-refractivity contribution < 1.29 is 14.3 Å². The molecule has 2 rings (SSSR count). The lowest BCUT2D eigenvalue weighted by Crippen LogP contribution is -2.24. The van der Waals surface area contributed by atoms with Crippen LogP contribution >= 0.6 is 0 Å². The monoisotopic (exact) mass is 264 g/mol. The van der Waals surface area contributed by atoms with Crippen LogP contribution < -0.4 is 0 Å². The van der Waals surface area contributed by atoms with E-state index in [1.807, 2.05) is 0 Å². The molecule has 3 heteroatoms. The van der Waals surface area contributed by atoms with Gasteiger partial charge in [-0.2, -0.15) is 0 Å². The minimum atomic E-state index is -0.105. The van der Waals surface area contributed by atoms with Crippen molar-refractivity contribution in [1.82, 2.24) is 0 Å². The Labute approximate surface area is 115 Å². The van der Waals surface area contributed by atoms with Crippen LogP contribution in [0.4, 0.5) is 0 Å². The molecule has 0 amide bonds. The van der Waals surface area contributed by atoms with Crippen molar-refractivity contribution in [2.75, 3.05) is 13.7 Å². The van der Waals surface area contributed by atoms with E-state index in [4.69, 9.17) is 9.47 Å². The molecule has 3 atom stereocenters. The SMILES string of the molecule is COC[C@H]1C(=O)O[C@@H]2/C=C(\C)CC/C=C(\C)CC[C@H]21. The van der Waals surface area contributed by atoms with E-state index in [1.54, 1.807) is 7.11 Å². The molecule has 0 radical (unpaired) electrons. The fourth-order valence-corrected chi connectivity index (χ4v) is 3.01. The van der Waals surface area contributed by atoms with E-state index in [-0.39, 0.29) is 23.9 Å². The summed E-state index contributed by atoms with van der Waals surface area (Å²) in [4.78, 5) is 12.0. The zero-order valence-electron chi connectivity index (χ0n) is 12.1. The average molecular weight is 264 g/mol. The summed E-state index contributed by atoms with van der Waals surface area (Å²) in [5, 5.41) is 0. The predicted molar refractivity (Wildman–Crippen MR) is 74.7 cm³/mol. The minimum Gasteiger partial charge on any atom is -0.458 e. The van der Waals surface area contributed by atoms with Crippen LogP contribution in [-0.4, -0.2) is 25.8 Å². The predicted octanol–water partition coefficient (Wildman–Crippen LogP) is 3.26. The number of carbonyl (C=O) groups is 1. The zero-order chi connectivity index (χ0) is 13.8. The summed E-state index contributed by atoms with van der Waals surface area (Å²) < 4.78 is 10.7. The molecule has 0 aromatic rings. The molecule has 19 heavy (non-hydrogen) atoms. The maximum atomic E-state index is 12.0. The van der Waals surface area contributed by atoms with Gasteiger partial charge in [0.1, 0.15) is 6.10 Å². The molecule has 0 N–H and O–H groups in total. The number of esters is 1. The Kier molecular flexibility index (Phi) is 4.81. The van der Waals surface area contributed by atoms with E-state index in [9.17, 15) is 4.79 Å². The summed E-state index contributed by atoms with van der Waals surface area (Å²) in [5.41, 5.74) is 2.73. The molecule has 3 nitrogen and oxygen atoms in total. The minimum absolute atomic E-state index is 0.0569. The molecule has 0 aromatic heterocycles. The van der Waals surface area contributed by atoms with E-state index < -0.39 is 0 Å². The molecule has 1 heterocycles. The molecular formula is C16H24O3. The summed E-state index contributed by atoms with van der Waals surface area (Å²) in [6.45, 7) is 4.77. The summed E-state index contributed by atoms with van der Waals surface area (Å²) in [5.74, 6) is 0.0527. The van der Waals surface area contributed by atoms with Crippen LogP contribution in [-0.2, 0) is 14.3 Å². The molecule has 106 valence electrons. The number of allylic oxidation sites excluding steroid dienone is 3. The van der Waals surface area contributed by atoms with Crippen molar-refractivity contribution in [1.29, 1.82) is 0 Å². The number of carbonyl (C=O) groups excluding carboxylic acids is 1. The summed E-state index contributed by atoms with van der Waals surface area (Å²) in [7, 11) is 1.65. The Balaban J connectivity index is 2.20. The van der Waals surface area contributed by atoms with E-state index in [0.29, 0.717) is 6.61 Å². The van der Waals surface area contributed by atoms with Gasteiger partial charge in [0, 0.05) is 13.0 Å². The van der Waals surface area contributed by atoms with Crippen molar-refractivity contribution in [3.63, 3.8) is 0 Å². The second-order valence-electron chi connectivity index (χ2n) is 5.77. The van der Waals surface area contributed by atoms with Gasteiger partial charge in [-0.1, -0.05) is 17.2 Å². The molecular weight excluding hydrogens is 240 g/mol. The maximum absolute atomic E-state index is 12.0. The Hall–Kier alpha value is -1.09. The van der Waals surface area contributed by atoms with Gasteiger partial charge in [-0.3, -0.25) is 4.79 Å². The highest BCUT2D eigenvalue weighted by Gasteiger charge is 2.43. The zero-order valence-corrected chi connectivity index (χ0v) is 12.1.